The maximum atomic E-state index is 11.9. The van der Waals surface area contributed by atoms with Crippen LogP contribution in [0.3, 0.4) is 0 Å². The first-order chi connectivity index (χ1) is 16.1. The molecule has 0 saturated carbocycles. The van der Waals surface area contributed by atoms with Crippen LogP contribution >= 0.6 is 12.4 Å². The topological polar surface area (TPSA) is 200 Å². The minimum atomic E-state index is -1.75. The lowest BCUT2D eigenvalue weighted by Crippen LogP contribution is -2.60. The molecule has 13 heteroatoms. The van der Waals surface area contributed by atoms with Crippen molar-refractivity contribution in [2.24, 2.45) is 0 Å². The molecule has 1 saturated heterocycles. The Morgan fingerprint density at radius 1 is 0.914 bits per heavy atom. The molecular formula is C22H23ClO12. The summed E-state index contributed by atoms with van der Waals surface area (Å²) in [7, 11) is 1.25. The van der Waals surface area contributed by atoms with Crippen molar-refractivity contribution < 1.29 is 54.4 Å². The molecule has 0 amide bonds. The molecule has 35 heavy (non-hydrogen) atoms. The highest BCUT2D eigenvalue weighted by molar-refractivity contribution is 5.85. The van der Waals surface area contributed by atoms with Crippen molar-refractivity contribution >= 4 is 12.4 Å². The zero-order valence-corrected chi connectivity index (χ0v) is 18.9. The molecule has 0 radical (unpaired) electrons. The maximum absolute atomic E-state index is 11.9. The van der Waals surface area contributed by atoms with E-state index in [1.807, 2.05) is 0 Å². The first-order valence-corrected chi connectivity index (χ1v) is 10.0. The number of aliphatic hydroxyl groups is 4. The molecule has 0 bridgehead atoms. The molecule has 190 valence electrons. The number of hydrogen-bond donors (Lipinski definition) is 7. The minimum Gasteiger partial charge on any atom is -0.507 e. The number of methoxy groups -OCH3 is 1. The van der Waals surface area contributed by atoms with Gasteiger partial charge in [-0.1, -0.05) is 0 Å². The number of rotatable bonds is 5. The molecule has 1 aromatic carbocycles. The predicted molar refractivity (Wildman–Crippen MR) is 120 cm³/mol. The van der Waals surface area contributed by atoms with Crippen LogP contribution in [0, 0.1) is 0 Å². The van der Waals surface area contributed by atoms with Gasteiger partial charge in [-0.3, -0.25) is 4.79 Å². The van der Waals surface area contributed by atoms with Gasteiger partial charge in [-0.15, -0.1) is 12.4 Å². The average Bonchev–Trinajstić information content (AvgIpc) is 2.81. The Morgan fingerprint density at radius 3 is 2.29 bits per heavy atom. The Labute approximate surface area is 203 Å². The van der Waals surface area contributed by atoms with E-state index in [1.54, 1.807) is 0 Å². The molecule has 0 spiro atoms. The van der Waals surface area contributed by atoms with Gasteiger partial charge in [0.25, 0.3) is 0 Å². The first-order valence-electron chi connectivity index (χ1n) is 10.0. The molecule has 3 aliphatic rings. The van der Waals surface area contributed by atoms with Crippen LogP contribution in [0.5, 0.6) is 28.7 Å². The molecule has 1 fully saturated rings. The Bertz CT molecular complexity index is 1230. The second kappa shape index (κ2) is 10.2. The molecule has 5 atom stereocenters. The number of ether oxygens (including phenoxy) is 3. The van der Waals surface area contributed by atoms with Crippen LogP contribution in [0.25, 0.3) is 22.6 Å². The molecule has 1 aromatic rings. The van der Waals surface area contributed by atoms with Gasteiger partial charge in [0.1, 0.15) is 35.9 Å². The SMILES string of the molecule is COc1cc(-c2oc3cc(=O)cc(O)c-3cc2OC2OC(CO)C(O)C(O)C2O)cc(O)c1O.Cl. The zero-order valence-electron chi connectivity index (χ0n) is 18.1. The highest BCUT2D eigenvalue weighted by Crippen LogP contribution is 2.45. The zero-order chi connectivity index (χ0) is 24.7. The summed E-state index contributed by atoms with van der Waals surface area (Å²) in [5.41, 5.74) is -0.393. The number of aliphatic hydroxyl groups excluding tert-OH is 4. The molecule has 2 heterocycles. The van der Waals surface area contributed by atoms with Crippen LogP contribution in [0.15, 0.2) is 39.5 Å². The summed E-state index contributed by atoms with van der Waals surface area (Å²) in [5, 5.41) is 70.1. The lowest BCUT2D eigenvalue weighted by molar-refractivity contribution is -0.277. The molecule has 2 aliphatic heterocycles. The quantitative estimate of drug-likeness (QED) is 0.227. The summed E-state index contributed by atoms with van der Waals surface area (Å²) in [6.45, 7) is -0.685. The van der Waals surface area contributed by atoms with Crippen LogP contribution in [0.4, 0.5) is 0 Å². The predicted octanol–water partition coefficient (Wildman–Crippen LogP) is 0.137. The normalized spacial score (nSPS) is 24.1. The Morgan fingerprint density at radius 2 is 1.63 bits per heavy atom. The molecule has 1 aliphatic carbocycles. The molecule has 12 nitrogen and oxygen atoms in total. The van der Waals surface area contributed by atoms with Crippen molar-refractivity contribution in [1.82, 2.24) is 0 Å². The van der Waals surface area contributed by atoms with Gasteiger partial charge in [-0.2, -0.15) is 0 Å². The Kier molecular flexibility index (Phi) is 7.65. The summed E-state index contributed by atoms with van der Waals surface area (Å²) in [5.74, 6) is -2.02. The standard InChI is InChI=1S/C22H22O12.ClH/c1-31-14-3-8(2-12(26)17(14)27)21-15(6-10-11(25)4-9(24)5-13(10)32-21)33-22-20(30)19(29)18(28)16(7-23)34-22;/h2-6,16,18-20,22-23,25-30H,7H2,1H3;1H. The maximum Gasteiger partial charge on any atom is 0.229 e. The van der Waals surface area contributed by atoms with Crippen LogP contribution in [0.1, 0.15) is 0 Å². The van der Waals surface area contributed by atoms with Crippen molar-refractivity contribution in [3.63, 3.8) is 0 Å². The molecular weight excluding hydrogens is 492 g/mol. The molecule has 0 aromatic heterocycles. The average molecular weight is 515 g/mol. The molecule has 4 rings (SSSR count). The largest absolute Gasteiger partial charge is 0.507 e. The Hall–Kier alpha value is -3.26. The van der Waals surface area contributed by atoms with Gasteiger partial charge in [0, 0.05) is 17.7 Å². The monoisotopic (exact) mass is 514 g/mol. The van der Waals surface area contributed by atoms with Gasteiger partial charge in [0.15, 0.2) is 28.4 Å². The van der Waals surface area contributed by atoms with E-state index in [0.29, 0.717) is 0 Å². The fourth-order valence-corrected chi connectivity index (χ4v) is 3.63. The third-order valence-electron chi connectivity index (χ3n) is 5.43. The smallest absolute Gasteiger partial charge is 0.229 e. The summed E-state index contributed by atoms with van der Waals surface area (Å²) in [6, 6.07) is 5.73. The van der Waals surface area contributed by atoms with E-state index in [2.05, 4.69) is 0 Å². The van der Waals surface area contributed by atoms with Crippen molar-refractivity contribution in [3.8, 4) is 51.4 Å². The summed E-state index contributed by atoms with van der Waals surface area (Å²) in [4.78, 5) is 11.9. The first kappa shape index (κ1) is 26.3. The van der Waals surface area contributed by atoms with Crippen LogP contribution in [-0.2, 0) is 4.74 Å². The fourth-order valence-electron chi connectivity index (χ4n) is 3.63. The van der Waals surface area contributed by atoms with Gasteiger partial charge in [0.05, 0.1) is 19.3 Å². The lowest BCUT2D eigenvalue weighted by Gasteiger charge is -2.39. The van der Waals surface area contributed by atoms with E-state index in [4.69, 9.17) is 18.6 Å². The van der Waals surface area contributed by atoms with E-state index in [0.717, 1.165) is 18.2 Å². The van der Waals surface area contributed by atoms with Gasteiger partial charge in [0.2, 0.25) is 12.0 Å². The van der Waals surface area contributed by atoms with E-state index in [1.165, 1.54) is 19.2 Å². The summed E-state index contributed by atoms with van der Waals surface area (Å²) in [6.07, 6.45) is -7.93. The van der Waals surface area contributed by atoms with Gasteiger partial charge >= 0.3 is 0 Å². The third-order valence-corrected chi connectivity index (χ3v) is 5.43. The summed E-state index contributed by atoms with van der Waals surface area (Å²) >= 11 is 0. The van der Waals surface area contributed by atoms with E-state index in [-0.39, 0.29) is 46.6 Å². The highest BCUT2D eigenvalue weighted by Gasteiger charge is 2.45. The van der Waals surface area contributed by atoms with Crippen LogP contribution < -0.4 is 14.9 Å². The van der Waals surface area contributed by atoms with E-state index < -0.39 is 60.0 Å². The Balaban J connectivity index is 0.00000342. The number of hydrogen-bond acceptors (Lipinski definition) is 12. The number of phenols is 3. The second-order valence-corrected chi connectivity index (χ2v) is 7.66. The molecule has 7 N–H and O–H groups in total. The summed E-state index contributed by atoms with van der Waals surface area (Å²) < 4.78 is 21.9. The van der Waals surface area contributed by atoms with Crippen molar-refractivity contribution in [2.75, 3.05) is 13.7 Å². The van der Waals surface area contributed by atoms with Gasteiger partial charge in [-0.05, 0) is 18.2 Å². The molecule has 5 unspecified atom stereocenters. The van der Waals surface area contributed by atoms with Crippen LogP contribution in [0.2, 0.25) is 0 Å². The number of aromatic hydroxyl groups is 3. The third kappa shape index (κ3) is 4.80. The van der Waals surface area contributed by atoms with E-state index >= 15 is 0 Å². The van der Waals surface area contributed by atoms with Crippen molar-refractivity contribution in [2.45, 2.75) is 30.7 Å². The second-order valence-electron chi connectivity index (χ2n) is 7.66. The minimum absolute atomic E-state index is 0. The number of phenolic OH excluding ortho intramolecular Hbond substituents is 3. The lowest BCUT2D eigenvalue weighted by atomic mass is 9.99. The fraction of sp³-hybridized carbons (Fsp3) is 0.318. The van der Waals surface area contributed by atoms with Crippen molar-refractivity contribution in [1.29, 1.82) is 0 Å². The highest BCUT2D eigenvalue weighted by atomic mass is 35.5. The number of benzene rings is 2. The number of fused-ring (bicyclic) bond motifs is 1. The number of halogens is 1. The van der Waals surface area contributed by atoms with Gasteiger partial charge < -0.3 is 54.4 Å². The van der Waals surface area contributed by atoms with E-state index in [9.17, 15) is 40.5 Å². The van der Waals surface area contributed by atoms with Crippen LogP contribution in [-0.4, -0.2) is 80.2 Å². The van der Waals surface area contributed by atoms with Gasteiger partial charge in [-0.25, -0.2) is 0 Å². The van der Waals surface area contributed by atoms with Crippen molar-refractivity contribution in [3.05, 3.63) is 40.6 Å².